The summed E-state index contributed by atoms with van der Waals surface area (Å²) in [4.78, 5) is 23.9. The molecule has 0 saturated heterocycles. The Balaban J connectivity index is 2.06. The van der Waals surface area contributed by atoms with Crippen LogP contribution in [0.5, 0.6) is 0 Å². The number of anilines is 1. The van der Waals surface area contributed by atoms with E-state index >= 15 is 0 Å². The van der Waals surface area contributed by atoms with Crippen molar-refractivity contribution in [2.45, 2.75) is 6.42 Å². The van der Waals surface area contributed by atoms with Crippen molar-refractivity contribution in [3.05, 3.63) is 61.4 Å². The smallest absolute Gasteiger partial charge is 0.228 e. The van der Waals surface area contributed by atoms with Gasteiger partial charge in [0.2, 0.25) is 5.91 Å². The summed E-state index contributed by atoms with van der Waals surface area (Å²) in [5.41, 5.74) is 2.08. The minimum Gasteiger partial charge on any atom is -0.325 e. The van der Waals surface area contributed by atoms with Crippen LogP contribution in [0, 0.1) is 9.39 Å². The number of carbonyl (C=O) groups is 2. The second-order valence-electron chi connectivity index (χ2n) is 4.67. The molecule has 3 nitrogen and oxygen atoms in total. The first-order valence-electron chi connectivity index (χ1n) is 6.08. The van der Waals surface area contributed by atoms with E-state index in [0.717, 1.165) is 5.56 Å². The molecule has 1 heterocycles. The number of fused-ring (bicyclic) bond motifs is 1. The number of halogens is 3. The average molecular weight is 416 g/mol. The third-order valence-electron chi connectivity index (χ3n) is 3.24. The maximum atomic E-state index is 13.1. The number of amides is 1. The van der Waals surface area contributed by atoms with E-state index in [9.17, 15) is 14.0 Å². The summed E-state index contributed by atoms with van der Waals surface area (Å²) >= 11 is 8.04. The van der Waals surface area contributed by atoms with E-state index in [0.29, 0.717) is 20.4 Å². The lowest BCUT2D eigenvalue weighted by atomic mass is 10.00. The van der Waals surface area contributed by atoms with Crippen LogP contribution in [0.1, 0.15) is 21.5 Å². The molecule has 0 spiro atoms. The van der Waals surface area contributed by atoms with Crippen LogP contribution in [0.2, 0.25) is 5.02 Å². The molecule has 1 aliphatic rings. The second-order valence-corrected chi connectivity index (χ2v) is 6.24. The van der Waals surface area contributed by atoms with Gasteiger partial charge in [0, 0.05) is 20.4 Å². The van der Waals surface area contributed by atoms with Gasteiger partial charge >= 0.3 is 0 Å². The number of nitrogens with one attached hydrogen (secondary N) is 1. The molecule has 0 unspecified atom stereocenters. The number of ketones is 1. The van der Waals surface area contributed by atoms with Crippen LogP contribution < -0.4 is 5.32 Å². The summed E-state index contributed by atoms with van der Waals surface area (Å²) in [7, 11) is 0. The van der Waals surface area contributed by atoms with Crippen molar-refractivity contribution in [1.29, 1.82) is 0 Å². The molecule has 1 aliphatic heterocycles. The van der Waals surface area contributed by atoms with Crippen LogP contribution >= 0.6 is 34.2 Å². The van der Waals surface area contributed by atoms with E-state index in [-0.39, 0.29) is 23.1 Å². The quantitative estimate of drug-likeness (QED) is 0.599. The summed E-state index contributed by atoms with van der Waals surface area (Å²) in [6.45, 7) is 0. The van der Waals surface area contributed by atoms with Crippen molar-refractivity contribution in [1.82, 2.24) is 0 Å². The summed E-state index contributed by atoms with van der Waals surface area (Å²) in [5, 5.41) is 2.94. The topological polar surface area (TPSA) is 46.2 Å². The highest BCUT2D eigenvalue weighted by Gasteiger charge is 2.23. The third-order valence-corrected chi connectivity index (χ3v) is 4.44. The molecule has 0 aliphatic carbocycles. The molecule has 1 amide bonds. The monoisotopic (exact) mass is 415 g/mol. The zero-order valence-corrected chi connectivity index (χ0v) is 13.5. The van der Waals surface area contributed by atoms with Crippen molar-refractivity contribution in [2.75, 3.05) is 5.32 Å². The molecule has 0 saturated carbocycles. The van der Waals surface area contributed by atoms with Crippen molar-refractivity contribution >= 4 is 51.6 Å². The minimum absolute atomic E-state index is 0.123. The highest BCUT2D eigenvalue weighted by atomic mass is 127. The fourth-order valence-corrected chi connectivity index (χ4v) is 3.21. The van der Waals surface area contributed by atoms with E-state index in [1.54, 1.807) is 12.1 Å². The first-order chi connectivity index (χ1) is 9.95. The zero-order chi connectivity index (χ0) is 15.1. The van der Waals surface area contributed by atoms with Crippen LogP contribution in [-0.2, 0) is 11.2 Å². The molecule has 106 valence electrons. The Morgan fingerprint density at radius 3 is 2.71 bits per heavy atom. The molecular weight excluding hydrogens is 408 g/mol. The van der Waals surface area contributed by atoms with Crippen LogP contribution in [0.25, 0.3) is 0 Å². The lowest BCUT2D eigenvalue weighted by molar-refractivity contribution is -0.115. The van der Waals surface area contributed by atoms with Crippen molar-refractivity contribution < 1.29 is 14.0 Å². The van der Waals surface area contributed by atoms with Gasteiger partial charge in [-0.1, -0.05) is 11.6 Å². The predicted molar refractivity (Wildman–Crippen MR) is 86.3 cm³/mol. The first-order valence-corrected chi connectivity index (χ1v) is 7.53. The third kappa shape index (κ3) is 2.67. The number of benzene rings is 2. The van der Waals surface area contributed by atoms with Crippen molar-refractivity contribution in [2.24, 2.45) is 0 Å². The zero-order valence-electron chi connectivity index (χ0n) is 10.5. The Hall–Kier alpha value is -1.47. The van der Waals surface area contributed by atoms with E-state index < -0.39 is 5.82 Å². The summed E-state index contributed by atoms with van der Waals surface area (Å²) in [5.74, 6) is -0.806. The van der Waals surface area contributed by atoms with E-state index in [1.165, 1.54) is 18.2 Å². The van der Waals surface area contributed by atoms with Gasteiger partial charge in [0.25, 0.3) is 0 Å². The van der Waals surface area contributed by atoms with Gasteiger partial charge in [-0.25, -0.2) is 4.39 Å². The van der Waals surface area contributed by atoms with Gasteiger partial charge in [-0.05, 0) is 58.5 Å². The predicted octanol–water partition coefficient (Wildman–Crippen LogP) is 3.81. The van der Waals surface area contributed by atoms with Crippen LogP contribution in [0.15, 0.2) is 30.3 Å². The lowest BCUT2D eigenvalue weighted by Crippen LogP contribution is -2.05. The Labute approximate surface area is 138 Å². The van der Waals surface area contributed by atoms with Gasteiger partial charge in [-0.15, -0.1) is 0 Å². The number of hydrogen-bond acceptors (Lipinski definition) is 2. The fraction of sp³-hybridized carbons (Fsp3) is 0.0667. The van der Waals surface area contributed by atoms with E-state index in [1.807, 2.05) is 22.6 Å². The SMILES string of the molecule is O=C1Cc2cc(C(=O)c3ccc(F)cc3I)c(Cl)cc2N1. The van der Waals surface area contributed by atoms with Gasteiger partial charge in [-0.2, -0.15) is 0 Å². The van der Waals surface area contributed by atoms with Crippen LogP contribution in [0.3, 0.4) is 0 Å². The Bertz CT molecular complexity index is 791. The molecule has 3 rings (SSSR count). The maximum Gasteiger partial charge on any atom is 0.228 e. The van der Waals surface area contributed by atoms with Gasteiger partial charge in [0.05, 0.1) is 11.4 Å². The molecular formula is C15H8ClFINO2. The molecule has 0 aromatic heterocycles. The van der Waals surface area contributed by atoms with E-state index in [2.05, 4.69) is 5.32 Å². The highest BCUT2D eigenvalue weighted by Crippen LogP contribution is 2.31. The summed E-state index contributed by atoms with van der Waals surface area (Å²) < 4.78 is 13.6. The maximum absolute atomic E-state index is 13.1. The summed E-state index contributed by atoms with van der Waals surface area (Å²) in [6, 6.07) is 7.16. The molecule has 2 aromatic rings. The average Bonchev–Trinajstić information content (AvgIpc) is 2.76. The lowest BCUT2D eigenvalue weighted by Gasteiger charge is -2.08. The molecule has 1 N–H and O–H groups in total. The molecule has 0 fully saturated rings. The van der Waals surface area contributed by atoms with Gasteiger partial charge in [0.1, 0.15) is 5.82 Å². The Kier molecular flexibility index (Phi) is 3.71. The Morgan fingerprint density at radius 2 is 2.00 bits per heavy atom. The fourth-order valence-electron chi connectivity index (χ4n) is 2.24. The van der Waals surface area contributed by atoms with Gasteiger partial charge in [-0.3, -0.25) is 9.59 Å². The molecule has 0 bridgehead atoms. The normalized spacial score (nSPS) is 13.0. The number of carbonyl (C=O) groups excluding carboxylic acids is 2. The standard InChI is InChI=1S/C15H8ClFINO2/c16-11-6-13-7(4-14(20)19-13)3-10(11)15(21)9-2-1-8(17)5-12(9)18/h1-3,5-6H,4H2,(H,19,20). The molecule has 21 heavy (non-hydrogen) atoms. The number of hydrogen-bond donors (Lipinski definition) is 1. The van der Waals surface area contributed by atoms with Crippen molar-refractivity contribution in [3.63, 3.8) is 0 Å². The molecule has 0 atom stereocenters. The second kappa shape index (κ2) is 5.38. The minimum atomic E-state index is -0.397. The van der Waals surface area contributed by atoms with Crippen molar-refractivity contribution in [3.8, 4) is 0 Å². The number of rotatable bonds is 2. The largest absolute Gasteiger partial charge is 0.325 e. The van der Waals surface area contributed by atoms with Crippen LogP contribution in [-0.4, -0.2) is 11.7 Å². The first kappa shape index (κ1) is 14.5. The molecule has 2 aromatic carbocycles. The van der Waals surface area contributed by atoms with Crippen LogP contribution in [0.4, 0.5) is 10.1 Å². The summed E-state index contributed by atoms with van der Waals surface area (Å²) in [6.07, 6.45) is 0.229. The molecule has 6 heteroatoms. The highest BCUT2D eigenvalue weighted by molar-refractivity contribution is 14.1. The van der Waals surface area contributed by atoms with Gasteiger partial charge < -0.3 is 5.32 Å². The van der Waals surface area contributed by atoms with E-state index in [4.69, 9.17) is 11.6 Å². The molecule has 0 radical (unpaired) electrons. The van der Waals surface area contributed by atoms with Gasteiger partial charge in [0.15, 0.2) is 5.78 Å². The Morgan fingerprint density at radius 1 is 1.24 bits per heavy atom.